The van der Waals surface area contributed by atoms with E-state index in [1.165, 1.54) is 23.1 Å². The largest absolute Gasteiger partial charge is 0.444 e. The van der Waals surface area contributed by atoms with E-state index in [9.17, 15) is 14.0 Å². The Morgan fingerprint density at radius 1 is 0.846 bits per heavy atom. The van der Waals surface area contributed by atoms with Gasteiger partial charge in [-0.3, -0.25) is 4.79 Å². The van der Waals surface area contributed by atoms with Crippen LogP contribution in [-0.2, 0) is 11.3 Å². The molecule has 1 saturated heterocycles. The zero-order valence-electron chi connectivity index (χ0n) is 21.3. The van der Waals surface area contributed by atoms with Crippen LogP contribution in [0.4, 0.5) is 9.18 Å². The van der Waals surface area contributed by atoms with E-state index in [1.807, 2.05) is 97.1 Å². The van der Waals surface area contributed by atoms with Gasteiger partial charge in [0, 0.05) is 7.05 Å². The molecule has 0 N–H and O–H groups in total. The summed E-state index contributed by atoms with van der Waals surface area (Å²) < 4.78 is 20.2. The fourth-order valence-corrected chi connectivity index (χ4v) is 4.49. The zero-order chi connectivity index (χ0) is 27.2. The summed E-state index contributed by atoms with van der Waals surface area (Å²) in [5.41, 5.74) is 2.91. The summed E-state index contributed by atoms with van der Waals surface area (Å²) in [4.78, 5) is 34.2. The maximum atomic E-state index is 14.5. The number of rotatable bonds is 5. The maximum absolute atomic E-state index is 14.5. The number of ether oxygens (including phenoxy) is 1. The fraction of sp³-hybridized carbons (Fsp3) is 0.0938. The molecule has 0 saturated carbocycles. The molecule has 0 bridgehead atoms. The van der Waals surface area contributed by atoms with Crippen LogP contribution in [0.15, 0.2) is 126 Å². The van der Waals surface area contributed by atoms with Gasteiger partial charge in [0.25, 0.3) is 5.91 Å². The van der Waals surface area contributed by atoms with Crippen molar-refractivity contribution < 1.29 is 18.7 Å². The highest BCUT2D eigenvalue weighted by Gasteiger charge is 2.44. The quantitative estimate of drug-likeness (QED) is 0.295. The first-order valence-electron chi connectivity index (χ1n) is 12.5. The van der Waals surface area contributed by atoms with Gasteiger partial charge in [0.05, 0.1) is 17.3 Å². The Bertz CT molecular complexity index is 1520. The Labute approximate surface area is 226 Å². The first-order chi connectivity index (χ1) is 19.0. The van der Waals surface area contributed by atoms with Gasteiger partial charge in [0.15, 0.2) is 0 Å². The number of guanidine groups is 1. The third-order valence-corrected chi connectivity index (χ3v) is 6.36. The monoisotopic (exact) mass is 519 g/mol. The van der Waals surface area contributed by atoms with Crippen molar-refractivity contribution >= 4 is 24.0 Å². The first kappa shape index (κ1) is 25.6. The lowest BCUT2D eigenvalue weighted by atomic mass is 10.0. The molecule has 6 nitrogen and oxygen atoms in total. The van der Waals surface area contributed by atoms with Gasteiger partial charge in [-0.2, -0.15) is 4.99 Å². The highest BCUT2D eigenvalue weighted by atomic mass is 19.1. The molecule has 0 aromatic heterocycles. The van der Waals surface area contributed by atoms with Crippen molar-refractivity contribution in [3.63, 3.8) is 0 Å². The van der Waals surface area contributed by atoms with Gasteiger partial charge in [-0.15, -0.1) is 0 Å². The molecule has 4 aromatic carbocycles. The predicted octanol–water partition coefficient (Wildman–Crippen LogP) is 6.69. The summed E-state index contributed by atoms with van der Waals surface area (Å²) >= 11 is 0. The van der Waals surface area contributed by atoms with E-state index in [0.717, 1.165) is 16.7 Å². The maximum Gasteiger partial charge on any atom is 0.421 e. The van der Waals surface area contributed by atoms with Crippen LogP contribution in [0.1, 0.15) is 33.1 Å². The van der Waals surface area contributed by atoms with Crippen LogP contribution in [0.5, 0.6) is 0 Å². The molecular weight excluding hydrogens is 493 g/mol. The molecular formula is C32H26FN3O3. The average molecular weight is 520 g/mol. The Balaban J connectivity index is 1.62. The van der Waals surface area contributed by atoms with Crippen LogP contribution in [0, 0.1) is 5.82 Å². The SMILES string of the molecule is CN1C(=NC(=O)c2ccccc2F)N(C(=O)OCc2ccccc2)/C(=C\c2ccccc2)C1c1ccccc1. The highest BCUT2D eigenvalue weighted by Crippen LogP contribution is 2.39. The molecule has 2 amide bonds. The van der Waals surface area contributed by atoms with Crippen LogP contribution in [-0.4, -0.2) is 34.8 Å². The summed E-state index contributed by atoms with van der Waals surface area (Å²) in [6, 6.07) is 33.6. The van der Waals surface area contributed by atoms with Crippen LogP contribution in [0.2, 0.25) is 0 Å². The number of likely N-dealkylation sites (N-methyl/N-ethyl adjacent to an activating group) is 1. The average Bonchev–Trinajstić information content (AvgIpc) is 3.23. The predicted molar refractivity (Wildman–Crippen MR) is 148 cm³/mol. The number of carbonyl (C=O) groups excluding carboxylic acids is 2. The molecule has 1 atom stereocenters. The minimum absolute atomic E-state index is 0.0308. The molecule has 39 heavy (non-hydrogen) atoms. The van der Waals surface area contributed by atoms with Gasteiger partial charge in [-0.25, -0.2) is 14.1 Å². The molecule has 0 aliphatic carbocycles. The summed E-state index contributed by atoms with van der Waals surface area (Å²) in [7, 11) is 1.74. The molecule has 5 rings (SSSR count). The lowest BCUT2D eigenvalue weighted by molar-refractivity contribution is 0.0995. The van der Waals surface area contributed by atoms with Crippen molar-refractivity contribution in [3.8, 4) is 0 Å². The van der Waals surface area contributed by atoms with Gasteiger partial charge in [-0.05, 0) is 34.9 Å². The topological polar surface area (TPSA) is 62.2 Å². The Kier molecular flexibility index (Phi) is 7.59. The van der Waals surface area contributed by atoms with E-state index in [1.54, 1.807) is 18.0 Å². The molecule has 1 unspecified atom stereocenters. The summed E-state index contributed by atoms with van der Waals surface area (Å²) in [5, 5.41) is 0. The van der Waals surface area contributed by atoms with Crippen LogP contribution in [0.3, 0.4) is 0 Å². The molecule has 0 radical (unpaired) electrons. The molecule has 194 valence electrons. The van der Waals surface area contributed by atoms with E-state index in [2.05, 4.69) is 4.99 Å². The van der Waals surface area contributed by atoms with E-state index < -0.39 is 23.9 Å². The third kappa shape index (κ3) is 5.62. The number of amides is 2. The number of hydrogen-bond donors (Lipinski definition) is 0. The number of carbonyl (C=O) groups is 2. The first-order valence-corrected chi connectivity index (χ1v) is 12.5. The summed E-state index contributed by atoms with van der Waals surface area (Å²) in [6.07, 6.45) is 1.17. The fourth-order valence-electron chi connectivity index (χ4n) is 4.49. The summed E-state index contributed by atoms with van der Waals surface area (Å²) in [5.74, 6) is -1.45. The highest BCUT2D eigenvalue weighted by molar-refractivity contribution is 6.08. The molecule has 0 spiro atoms. The zero-order valence-corrected chi connectivity index (χ0v) is 21.3. The minimum atomic E-state index is -0.802. The van der Waals surface area contributed by atoms with E-state index >= 15 is 0 Å². The second-order valence-corrected chi connectivity index (χ2v) is 8.98. The Morgan fingerprint density at radius 2 is 1.44 bits per heavy atom. The summed E-state index contributed by atoms with van der Waals surface area (Å²) in [6.45, 7) is 0.0308. The molecule has 1 aliphatic heterocycles. The molecule has 4 aromatic rings. The second-order valence-electron chi connectivity index (χ2n) is 8.98. The van der Waals surface area contributed by atoms with E-state index in [4.69, 9.17) is 4.74 Å². The number of nitrogens with zero attached hydrogens (tertiary/aromatic N) is 3. The van der Waals surface area contributed by atoms with Crippen LogP contribution < -0.4 is 0 Å². The molecule has 1 aliphatic rings. The normalized spacial score (nSPS) is 17.0. The van der Waals surface area contributed by atoms with Crippen LogP contribution >= 0.6 is 0 Å². The van der Waals surface area contributed by atoms with Crippen molar-refractivity contribution in [2.75, 3.05) is 7.05 Å². The van der Waals surface area contributed by atoms with Crippen molar-refractivity contribution in [2.24, 2.45) is 4.99 Å². The molecule has 1 heterocycles. The Morgan fingerprint density at radius 3 is 2.10 bits per heavy atom. The standard InChI is InChI=1S/C32H26FN3O3/c1-35-29(25-17-9-4-10-18-25)28(21-23-13-5-2-6-14-23)36(32(38)39-22-24-15-7-3-8-16-24)31(35)34-30(37)26-19-11-12-20-27(26)33/h2-21,29H,22H2,1H3/b28-21-,34-31?. The van der Waals surface area contributed by atoms with Gasteiger partial charge < -0.3 is 9.64 Å². The second kappa shape index (κ2) is 11.6. The molecule has 1 fully saturated rings. The van der Waals surface area contributed by atoms with Crippen LogP contribution in [0.25, 0.3) is 6.08 Å². The number of hydrogen-bond acceptors (Lipinski definition) is 3. The van der Waals surface area contributed by atoms with Gasteiger partial charge in [0.2, 0.25) is 5.96 Å². The van der Waals surface area contributed by atoms with Gasteiger partial charge >= 0.3 is 6.09 Å². The van der Waals surface area contributed by atoms with Gasteiger partial charge in [-0.1, -0.05) is 103 Å². The van der Waals surface area contributed by atoms with Crippen molar-refractivity contribution in [2.45, 2.75) is 12.6 Å². The lowest BCUT2D eigenvalue weighted by Crippen LogP contribution is -2.37. The molecule has 7 heteroatoms. The van der Waals surface area contributed by atoms with E-state index in [-0.39, 0.29) is 18.1 Å². The van der Waals surface area contributed by atoms with Gasteiger partial charge in [0.1, 0.15) is 12.4 Å². The van der Waals surface area contributed by atoms with Crippen molar-refractivity contribution in [3.05, 3.63) is 149 Å². The van der Waals surface area contributed by atoms with Crippen molar-refractivity contribution in [1.82, 2.24) is 9.80 Å². The smallest absolute Gasteiger partial charge is 0.421 e. The Hall–Kier alpha value is -5.04. The van der Waals surface area contributed by atoms with Crippen molar-refractivity contribution in [1.29, 1.82) is 0 Å². The lowest BCUT2D eigenvalue weighted by Gasteiger charge is -2.20. The number of aliphatic imine (C=N–C) groups is 1. The third-order valence-electron chi connectivity index (χ3n) is 6.36. The number of halogens is 1. The minimum Gasteiger partial charge on any atom is -0.444 e. The van der Waals surface area contributed by atoms with E-state index in [0.29, 0.717) is 5.70 Å². The number of benzene rings is 4.